The Balaban J connectivity index is 2.49. The molecule has 0 amide bonds. The van der Waals surface area contributed by atoms with Gasteiger partial charge in [0, 0.05) is 5.56 Å². The molecule has 4 heteroatoms. The van der Waals surface area contributed by atoms with Crippen molar-refractivity contribution < 1.29 is 13.5 Å². The van der Waals surface area contributed by atoms with E-state index in [0.29, 0.717) is 11.3 Å². The van der Waals surface area contributed by atoms with Gasteiger partial charge in [0.05, 0.1) is 11.6 Å². The first kappa shape index (κ1) is 12.0. The minimum absolute atomic E-state index is 0.118. The molecule has 0 saturated heterocycles. The third-order valence-electron chi connectivity index (χ3n) is 2.44. The van der Waals surface area contributed by atoms with Crippen LogP contribution in [0.4, 0.5) is 8.78 Å². The Kier molecular flexibility index (Phi) is 3.43. The number of rotatable bonds is 2. The van der Waals surface area contributed by atoms with Gasteiger partial charge in [0.1, 0.15) is 5.75 Å². The number of halogens is 3. The summed E-state index contributed by atoms with van der Waals surface area (Å²) >= 11 is 2.94. The minimum atomic E-state index is -0.877. The van der Waals surface area contributed by atoms with E-state index in [4.69, 9.17) is 4.74 Å². The molecule has 17 heavy (non-hydrogen) atoms. The fourth-order valence-electron chi connectivity index (χ4n) is 1.52. The van der Waals surface area contributed by atoms with Crippen LogP contribution in [0.25, 0.3) is 11.1 Å². The second-order valence-electron chi connectivity index (χ2n) is 3.45. The third-order valence-corrected chi connectivity index (χ3v) is 3.05. The lowest BCUT2D eigenvalue weighted by Crippen LogP contribution is -1.91. The van der Waals surface area contributed by atoms with E-state index in [9.17, 15) is 8.78 Å². The summed E-state index contributed by atoms with van der Waals surface area (Å²) in [6.07, 6.45) is 0. The van der Waals surface area contributed by atoms with Crippen molar-refractivity contribution in [3.8, 4) is 16.9 Å². The van der Waals surface area contributed by atoms with Crippen LogP contribution in [0.3, 0.4) is 0 Å². The lowest BCUT2D eigenvalue weighted by atomic mass is 10.0. The smallest absolute Gasteiger partial charge is 0.173 e. The Hall–Kier alpha value is -1.42. The van der Waals surface area contributed by atoms with Crippen LogP contribution in [0.1, 0.15) is 0 Å². The van der Waals surface area contributed by atoms with Crippen LogP contribution in [0.5, 0.6) is 5.75 Å². The van der Waals surface area contributed by atoms with Crippen molar-refractivity contribution in [2.45, 2.75) is 0 Å². The molecule has 2 aromatic rings. The molecular formula is C13H9BrF2O. The molecule has 2 aromatic carbocycles. The number of hydrogen-bond donors (Lipinski definition) is 0. The van der Waals surface area contributed by atoms with Gasteiger partial charge < -0.3 is 4.74 Å². The van der Waals surface area contributed by atoms with Gasteiger partial charge in [0.25, 0.3) is 0 Å². The first-order chi connectivity index (χ1) is 8.13. The Morgan fingerprint density at radius 2 is 1.59 bits per heavy atom. The molecule has 0 fully saturated rings. The summed E-state index contributed by atoms with van der Waals surface area (Å²) in [6, 6.07) is 9.79. The van der Waals surface area contributed by atoms with E-state index in [1.807, 2.05) is 0 Å². The standard InChI is InChI=1S/C13H9BrF2O/c1-17-9-4-2-8(3-5-9)10-6-7-11(14)13(16)12(10)15/h2-7H,1H3. The zero-order valence-corrected chi connectivity index (χ0v) is 10.6. The van der Waals surface area contributed by atoms with Crippen molar-refractivity contribution in [3.05, 3.63) is 52.5 Å². The summed E-state index contributed by atoms with van der Waals surface area (Å²) in [6.45, 7) is 0. The molecule has 0 radical (unpaired) electrons. The molecule has 0 saturated carbocycles. The predicted octanol–water partition coefficient (Wildman–Crippen LogP) is 4.40. The maximum atomic E-state index is 13.7. The van der Waals surface area contributed by atoms with E-state index in [2.05, 4.69) is 15.9 Å². The third kappa shape index (κ3) is 2.31. The lowest BCUT2D eigenvalue weighted by molar-refractivity contribution is 0.415. The van der Waals surface area contributed by atoms with Gasteiger partial charge in [-0.15, -0.1) is 0 Å². The Bertz CT molecular complexity index is 538. The zero-order valence-electron chi connectivity index (χ0n) is 9.01. The molecule has 0 spiro atoms. The Morgan fingerprint density at radius 3 is 2.18 bits per heavy atom. The maximum absolute atomic E-state index is 13.7. The zero-order chi connectivity index (χ0) is 12.4. The fraction of sp³-hybridized carbons (Fsp3) is 0.0769. The number of hydrogen-bond acceptors (Lipinski definition) is 1. The van der Waals surface area contributed by atoms with Crippen LogP contribution in [0.2, 0.25) is 0 Å². The molecule has 0 N–H and O–H groups in total. The van der Waals surface area contributed by atoms with Crippen molar-refractivity contribution in [2.75, 3.05) is 7.11 Å². The second kappa shape index (κ2) is 4.84. The summed E-state index contributed by atoms with van der Waals surface area (Å²) in [5.41, 5.74) is 0.836. The molecule has 0 aromatic heterocycles. The molecule has 0 aliphatic heterocycles. The lowest BCUT2D eigenvalue weighted by Gasteiger charge is -2.06. The van der Waals surface area contributed by atoms with E-state index >= 15 is 0 Å². The fourth-order valence-corrected chi connectivity index (χ4v) is 1.83. The SMILES string of the molecule is COc1ccc(-c2ccc(Br)c(F)c2F)cc1. The van der Waals surface area contributed by atoms with Crippen LogP contribution < -0.4 is 4.74 Å². The quantitative estimate of drug-likeness (QED) is 0.747. The van der Waals surface area contributed by atoms with Gasteiger partial charge in [-0.3, -0.25) is 0 Å². The highest BCUT2D eigenvalue weighted by molar-refractivity contribution is 9.10. The highest BCUT2D eigenvalue weighted by Gasteiger charge is 2.13. The summed E-state index contributed by atoms with van der Waals surface area (Å²) in [7, 11) is 1.55. The largest absolute Gasteiger partial charge is 0.497 e. The minimum Gasteiger partial charge on any atom is -0.497 e. The highest BCUT2D eigenvalue weighted by Crippen LogP contribution is 2.29. The first-order valence-corrected chi connectivity index (χ1v) is 5.70. The van der Waals surface area contributed by atoms with E-state index < -0.39 is 11.6 Å². The van der Waals surface area contributed by atoms with Crippen molar-refractivity contribution in [1.29, 1.82) is 0 Å². The average molecular weight is 299 g/mol. The van der Waals surface area contributed by atoms with Crippen molar-refractivity contribution >= 4 is 15.9 Å². The van der Waals surface area contributed by atoms with Crippen LogP contribution in [-0.2, 0) is 0 Å². The molecule has 2 rings (SSSR count). The van der Waals surface area contributed by atoms with E-state index in [-0.39, 0.29) is 10.0 Å². The number of benzene rings is 2. The van der Waals surface area contributed by atoms with Crippen molar-refractivity contribution in [1.82, 2.24) is 0 Å². The molecule has 0 aliphatic rings. The summed E-state index contributed by atoms with van der Waals surface area (Å²) in [5.74, 6) is -1.06. The van der Waals surface area contributed by atoms with Crippen LogP contribution in [0.15, 0.2) is 40.9 Å². The molecule has 0 bridgehead atoms. The first-order valence-electron chi connectivity index (χ1n) is 4.91. The van der Waals surface area contributed by atoms with Gasteiger partial charge in [-0.2, -0.15) is 0 Å². The Labute approximate surface area is 106 Å². The molecular weight excluding hydrogens is 290 g/mol. The molecule has 88 valence electrons. The van der Waals surface area contributed by atoms with Gasteiger partial charge in [0.15, 0.2) is 11.6 Å². The summed E-state index contributed by atoms with van der Waals surface area (Å²) in [5, 5.41) is 0. The Morgan fingerprint density at radius 1 is 0.941 bits per heavy atom. The van der Waals surface area contributed by atoms with E-state index in [1.54, 1.807) is 31.4 Å². The van der Waals surface area contributed by atoms with Crippen LogP contribution >= 0.6 is 15.9 Å². The van der Waals surface area contributed by atoms with E-state index in [1.165, 1.54) is 12.1 Å². The monoisotopic (exact) mass is 298 g/mol. The van der Waals surface area contributed by atoms with Gasteiger partial charge in [0.2, 0.25) is 0 Å². The van der Waals surface area contributed by atoms with Crippen molar-refractivity contribution in [3.63, 3.8) is 0 Å². The molecule has 0 unspecified atom stereocenters. The summed E-state index contributed by atoms with van der Waals surface area (Å²) in [4.78, 5) is 0. The second-order valence-corrected chi connectivity index (χ2v) is 4.31. The van der Waals surface area contributed by atoms with Crippen molar-refractivity contribution in [2.24, 2.45) is 0 Å². The normalized spacial score (nSPS) is 10.4. The molecule has 1 nitrogen and oxygen atoms in total. The predicted molar refractivity (Wildman–Crippen MR) is 66.0 cm³/mol. The molecule has 0 atom stereocenters. The average Bonchev–Trinajstić information content (AvgIpc) is 2.36. The van der Waals surface area contributed by atoms with Gasteiger partial charge >= 0.3 is 0 Å². The van der Waals surface area contributed by atoms with Gasteiger partial charge in [-0.05, 0) is 39.7 Å². The number of ether oxygens (including phenoxy) is 1. The number of methoxy groups -OCH3 is 1. The topological polar surface area (TPSA) is 9.23 Å². The van der Waals surface area contributed by atoms with Gasteiger partial charge in [-0.25, -0.2) is 8.78 Å². The highest BCUT2D eigenvalue weighted by atomic mass is 79.9. The maximum Gasteiger partial charge on any atom is 0.173 e. The molecule has 0 heterocycles. The van der Waals surface area contributed by atoms with Crippen LogP contribution in [0, 0.1) is 11.6 Å². The van der Waals surface area contributed by atoms with E-state index in [0.717, 1.165) is 0 Å². The van der Waals surface area contributed by atoms with Crippen LogP contribution in [-0.4, -0.2) is 7.11 Å². The van der Waals surface area contributed by atoms with Gasteiger partial charge in [-0.1, -0.05) is 18.2 Å². The molecule has 0 aliphatic carbocycles. The summed E-state index contributed by atoms with van der Waals surface area (Å²) < 4.78 is 32.2.